The predicted molar refractivity (Wildman–Crippen MR) is 142 cm³/mol. The molecule has 39 heavy (non-hydrogen) atoms. The van der Waals surface area contributed by atoms with Crippen LogP contribution in [-0.4, -0.2) is 47.7 Å². The normalized spacial score (nSPS) is 24.4. The Bertz CT molecular complexity index is 1520. The second kappa shape index (κ2) is 10.6. The maximum Gasteiger partial charge on any atom is 0.280 e. The lowest BCUT2D eigenvalue weighted by Crippen LogP contribution is -2.54. The third-order valence-electron chi connectivity index (χ3n) is 7.65. The lowest BCUT2D eigenvalue weighted by Gasteiger charge is -2.42. The highest BCUT2D eigenvalue weighted by Gasteiger charge is 2.55. The van der Waals surface area contributed by atoms with Gasteiger partial charge >= 0.3 is 0 Å². The van der Waals surface area contributed by atoms with Crippen molar-refractivity contribution >= 4 is 50.3 Å². The SMILES string of the molecule is O=C(Nc1ccc(F)c(F)c1)c1ccc(Cl)c(S(=O)(=O)[C@@H]2CC3CC[C@@H](C2)[C@@]3(O)CNC(=O)c2nccs2)c1. The van der Waals surface area contributed by atoms with Gasteiger partial charge in [0.05, 0.1) is 20.8 Å². The molecular formula is C26H24ClF2N3O5S2. The minimum Gasteiger partial charge on any atom is -0.387 e. The van der Waals surface area contributed by atoms with Gasteiger partial charge in [-0.05, 0) is 67.9 Å². The van der Waals surface area contributed by atoms with Gasteiger partial charge in [0.25, 0.3) is 11.8 Å². The second-order valence-electron chi connectivity index (χ2n) is 9.85. The third-order valence-corrected chi connectivity index (χ3v) is 11.1. The number of fused-ring (bicyclic) bond motifs is 2. The molecule has 2 saturated carbocycles. The van der Waals surface area contributed by atoms with E-state index in [2.05, 4.69) is 15.6 Å². The van der Waals surface area contributed by atoms with Gasteiger partial charge in [-0.3, -0.25) is 9.59 Å². The number of carbonyl (C=O) groups excluding carboxylic acids is 2. The van der Waals surface area contributed by atoms with Crippen LogP contribution in [0.15, 0.2) is 52.9 Å². The van der Waals surface area contributed by atoms with Crippen LogP contribution >= 0.6 is 22.9 Å². The summed E-state index contributed by atoms with van der Waals surface area (Å²) in [6, 6.07) is 6.68. The number of rotatable bonds is 7. The Hall–Kier alpha value is -2.93. The van der Waals surface area contributed by atoms with Crippen LogP contribution in [0.4, 0.5) is 14.5 Å². The number of hydrogen-bond acceptors (Lipinski definition) is 7. The van der Waals surface area contributed by atoms with E-state index in [1.807, 2.05) is 0 Å². The summed E-state index contributed by atoms with van der Waals surface area (Å²) >= 11 is 7.46. The zero-order valence-corrected chi connectivity index (χ0v) is 22.8. The topological polar surface area (TPSA) is 125 Å². The Morgan fingerprint density at radius 2 is 1.79 bits per heavy atom. The molecule has 1 aromatic heterocycles. The van der Waals surface area contributed by atoms with Crippen LogP contribution in [0.25, 0.3) is 0 Å². The largest absolute Gasteiger partial charge is 0.387 e. The number of benzene rings is 2. The number of nitrogens with one attached hydrogen (secondary N) is 2. The number of nitrogens with zero attached hydrogens (tertiary/aromatic N) is 1. The van der Waals surface area contributed by atoms with Crippen molar-refractivity contribution in [1.29, 1.82) is 0 Å². The fraction of sp³-hybridized carbons (Fsp3) is 0.346. The zero-order chi connectivity index (χ0) is 27.9. The summed E-state index contributed by atoms with van der Waals surface area (Å²) in [5.41, 5.74) is -1.26. The number of amides is 2. The zero-order valence-electron chi connectivity index (χ0n) is 20.4. The molecule has 206 valence electrons. The van der Waals surface area contributed by atoms with Crippen LogP contribution in [-0.2, 0) is 9.84 Å². The summed E-state index contributed by atoms with van der Waals surface area (Å²) in [5.74, 6) is -4.02. The molecule has 8 nitrogen and oxygen atoms in total. The monoisotopic (exact) mass is 595 g/mol. The minimum atomic E-state index is -4.00. The molecule has 2 aromatic carbocycles. The number of thiazole rings is 1. The molecule has 2 amide bonds. The van der Waals surface area contributed by atoms with Gasteiger partial charge in [0.15, 0.2) is 26.5 Å². The summed E-state index contributed by atoms with van der Waals surface area (Å²) in [6.45, 7) is -0.00604. The molecule has 13 heteroatoms. The van der Waals surface area contributed by atoms with Gasteiger partial charge in [-0.1, -0.05) is 11.6 Å². The predicted octanol–water partition coefficient (Wildman–Crippen LogP) is 4.45. The first-order chi connectivity index (χ1) is 18.5. The van der Waals surface area contributed by atoms with Crippen LogP contribution in [0.2, 0.25) is 5.02 Å². The molecule has 5 rings (SSSR count). The van der Waals surface area contributed by atoms with E-state index in [1.54, 1.807) is 5.38 Å². The molecule has 2 fully saturated rings. The minimum absolute atomic E-state index is 0.00310. The first-order valence-corrected chi connectivity index (χ1v) is 15.0. The lowest BCUT2D eigenvalue weighted by atomic mass is 9.74. The fourth-order valence-corrected chi connectivity index (χ4v) is 8.56. The number of halogens is 3. The van der Waals surface area contributed by atoms with E-state index in [-0.39, 0.29) is 57.4 Å². The van der Waals surface area contributed by atoms with Gasteiger partial charge in [-0.2, -0.15) is 0 Å². The summed E-state index contributed by atoms with van der Waals surface area (Å²) < 4.78 is 54.1. The molecule has 4 atom stereocenters. The summed E-state index contributed by atoms with van der Waals surface area (Å²) in [4.78, 5) is 28.9. The Morgan fingerprint density at radius 3 is 2.44 bits per heavy atom. The number of hydrogen-bond donors (Lipinski definition) is 3. The van der Waals surface area contributed by atoms with E-state index in [0.717, 1.165) is 12.1 Å². The highest BCUT2D eigenvalue weighted by molar-refractivity contribution is 7.92. The average Bonchev–Trinajstić information content (AvgIpc) is 3.47. The van der Waals surface area contributed by atoms with E-state index in [4.69, 9.17) is 11.6 Å². The van der Waals surface area contributed by atoms with Crippen LogP contribution in [0.3, 0.4) is 0 Å². The van der Waals surface area contributed by atoms with Gasteiger partial charge in [-0.15, -0.1) is 11.3 Å². The molecule has 2 aliphatic rings. The molecular weight excluding hydrogens is 572 g/mol. The van der Waals surface area contributed by atoms with Crippen LogP contribution in [0.5, 0.6) is 0 Å². The molecule has 2 aliphatic carbocycles. The van der Waals surface area contributed by atoms with Gasteiger partial charge in [0, 0.05) is 35.4 Å². The number of anilines is 1. The molecule has 0 saturated heterocycles. The van der Waals surface area contributed by atoms with E-state index in [9.17, 15) is 31.9 Å². The Balaban J connectivity index is 1.32. The van der Waals surface area contributed by atoms with Gasteiger partial charge in [-0.25, -0.2) is 22.2 Å². The molecule has 1 unspecified atom stereocenters. The van der Waals surface area contributed by atoms with Crippen LogP contribution in [0.1, 0.15) is 45.8 Å². The summed E-state index contributed by atoms with van der Waals surface area (Å²) in [7, 11) is -4.00. The van der Waals surface area contributed by atoms with Gasteiger partial charge in [0.1, 0.15) is 0 Å². The van der Waals surface area contributed by atoms with E-state index >= 15 is 0 Å². The van der Waals surface area contributed by atoms with E-state index in [0.29, 0.717) is 12.8 Å². The smallest absolute Gasteiger partial charge is 0.280 e. The van der Waals surface area contributed by atoms with Crippen molar-refractivity contribution in [1.82, 2.24) is 10.3 Å². The number of sulfone groups is 1. The highest BCUT2D eigenvalue weighted by Crippen LogP contribution is 2.52. The Labute approximate surface area is 232 Å². The van der Waals surface area contributed by atoms with Crippen LogP contribution < -0.4 is 10.6 Å². The van der Waals surface area contributed by atoms with E-state index in [1.165, 1.54) is 41.8 Å². The molecule has 0 spiro atoms. The van der Waals surface area contributed by atoms with Gasteiger partial charge < -0.3 is 15.7 Å². The van der Waals surface area contributed by atoms with Crippen molar-refractivity contribution in [3.8, 4) is 0 Å². The summed E-state index contributed by atoms with van der Waals surface area (Å²) in [5, 5.41) is 17.7. The molecule has 0 aliphatic heterocycles. The van der Waals surface area contributed by atoms with Crippen molar-refractivity contribution < 1.29 is 31.9 Å². The molecule has 3 N–H and O–H groups in total. The number of carbonyl (C=O) groups is 2. The molecule has 1 heterocycles. The fourth-order valence-electron chi connectivity index (χ4n) is 5.60. The maximum absolute atomic E-state index is 13.7. The first kappa shape index (κ1) is 27.6. The van der Waals surface area contributed by atoms with Crippen molar-refractivity contribution in [3.05, 3.63) is 75.2 Å². The van der Waals surface area contributed by atoms with Crippen molar-refractivity contribution in [2.24, 2.45) is 11.8 Å². The average molecular weight is 596 g/mol. The third kappa shape index (κ3) is 5.30. The Kier molecular flexibility index (Phi) is 7.49. The molecule has 2 bridgehead atoms. The second-order valence-corrected chi connectivity index (χ2v) is 13.3. The first-order valence-electron chi connectivity index (χ1n) is 12.2. The highest BCUT2D eigenvalue weighted by atomic mass is 35.5. The Morgan fingerprint density at radius 1 is 1.08 bits per heavy atom. The molecule has 3 aromatic rings. The van der Waals surface area contributed by atoms with Gasteiger partial charge in [0.2, 0.25) is 0 Å². The quantitative estimate of drug-likeness (QED) is 0.371. The number of aromatic nitrogens is 1. The molecule has 0 radical (unpaired) electrons. The van der Waals surface area contributed by atoms with Crippen molar-refractivity contribution in [3.63, 3.8) is 0 Å². The van der Waals surface area contributed by atoms with Crippen molar-refractivity contribution in [2.75, 3.05) is 11.9 Å². The van der Waals surface area contributed by atoms with Crippen molar-refractivity contribution in [2.45, 2.75) is 41.4 Å². The lowest BCUT2D eigenvalue weighted by molar-refractivity contribution is -0.0548. The standard InChI is InChI=1S/C26H24ClF2N3O5S2/c27-19-5-1-14(23(33)32-17-4-6-20(28)21(29)12-17)9-22(19)39(36,37)18-10-15-2-3-16(11-18)26(15,35)13-31-24(34)25-30-7-8-38-25/h1,4-9,12,15-16,18,35H,2-3,10-11,13H2,(H,31,34)(H,32,33)/t15-,16?,18-,26-/m0/s1. The summed E-state index contributed by atoms with van der Waals surface area (Å²) in [6.07, 6.45) is 3.09. The van der Waals surface area contributed by atoms with Crippen LogP contribution in [0, 0.1) is 23.5 Å². The maximum atomic E-state index is 13.7. The number of aliphatic hydroxyl groups is 1. The van der Waals surface area contributed by atoms with E-state index < -0.39 is 44.1 Å².